The smallest absolute Gasteiger partial charge is 0.333 e. The Morgan fingerprint density at radius 2 is 2.12 bits per heavy atom. The molecule has 0 aliphatic heterocycles. The molecular weight excluding hydrogens is 284 g/mol. The van der Waals surface area contributed by atoms with E-state index >= 15 is 0 Å². The zero-order valence-electron chi connectivity index (χ0n) is 10.0. The van der Waals surface area contributed by atoms with E-state index < -0.39 is 11.6 Å². The molecule has 0 saturated carbocycles. The van der Waals surface area contributed by atoms with Gasteiger partial charge in [0.1, 0.15) is 5.60 Å². The number of nitrogens with two attached hydrogens (primary N) is 1. The van der Waals surface area contributed by atoms with Gasteiger partial charge >= 0.3 is 5.97 Å². The Bertz CT molecular complexity index is 450. The summed E-state index contributed by atoms with van der Waals surface area (Å²) in [7, 11) is 0. The zero-order valence-corrected chi connectivity index (χ0v) is 11.6. The van der Waals surface area contributed by atoms with E-state index in [1.165, 1.54) is 6.08 Å². The molecule has 92 valence electrons. The Morgan fingerprint density at radius 3 is 2.65 bits per heavy atom. The maximum atomic E-state index is 11.5. The van der Waals surface area contributed by atoms with E-state index in [-0.39, 0.29) is 0 Å². The summed E-state index contributed by atoms with van der Waals surface area (Å²) < 4.78 is 5.93. The van der Waals surface area contributed by atoms with Crippen molar-refractivity contribution < 1.29 is 9.53 Å². The minimum atomic E-state index is -0.524. The molecule has 4 nitrogen and oxygen atoms in total. The fourth-order valence-electron chi connectivity index (χ4n) is 1.11. The molecule has 1 aromatic rings. The second-order valence-electron chi connectivity index (χ2n) is 4.52. The number of ether oxygens (including phenoxy) is 1. The summed E-state index contributed by atoms with van der Waals surface area (Å²) in [5.74, 6) is -0.463. The highest BCUT2D eigenvalue weighted by Gasteiger charge is 2.15. The third-order valence-corrected chi connectivity index (χ3v) is 2.15. The molecule has 0 spiro atoms. The second-order valence-corrected chi connectivity index (χ2v) is 5.44. The van der Waals surface area contributed by atoms with Gasteiger partial charge in [-0.15, -0.1) is 0 Å². The Labute approximate surface area is 109 Å². The van der Waals surface area contributed by atoms with E-state index in [0.29, 0.717) is 11.3 Å². The van der Waals surface area contributed by atoms with E-state index in [9.17, 15) is 4.79 Å². The first kappa shape index (κ1) is 13.7. The fourth-order valence-corrected chi connectivity index (χ4v) is 1.48. The number of carbonyl (C=O) groups is 1. The van der Waals surface area contributed by atoms with Crippen LogP contribution in [0.5, 0.6) is 0 Å². The van der Waals surface area contributed by atoms with Crippen LogP contribution < -0.4 is 5.73 Å². The van der Waals surface area contributed by atoms with E-state index in [1.54, 1.807) is 39.2 Å². The summed E-state index contributed by atoms with van der Waals surface area (Å²) in [5, 5.41) is 0. The highest BCUT2D eigenvalue weighted by molar-refractivity contribution is 9.10. The number of pyridine rings is 1. The summed E-state index contributed by atoms with van der Waals surface area (Å²) in [6.07, 6.45) is 4.49. The van der Waals surface area contributed by atoms with Gasteiger partial charge in [0, 0.05) is 34.2 Å². The van der Waals surface area contributed by atoms with Crippen LogP contribution in [0.15, 0.2) is 29.0 Å². The lowest BCUT2D eigenvalue weighted by Crippen LogP contribution is -2.23. The van der Waals surface area contributed by atoms with E-state index in [0.717, 1.165) is 4.47 Å². The first-order chi connectivity index (χ1) is 7.78. The van der Waals surface area contributed by atoms with Crippen molar-refractivity contribution in [3.05, 3.63) is 34.6 Å². The van der Waals surface area contributed by atoms with Crippen molar-refractivity contribution in [2.45, 2.75) is 26.4 Å². The number of esters is 1. The van der Waals surface area contributed by atoms with Gasteiger partial charge in [-0.25, -0.2) is 4.79 Å². The summed E-state index contributed by atoms with van der Waals surface area (Å²) in [5.41, 5.74) is 6.26. The molecule has 2 N–H and O–H groups in total. The molecule has 0 unspecified atom stereocenters. The molecule has 0 aliphatic carbocycles. The predicted octanol–water partition coefficient (Wildman–Crippen LogP) is 2.49. The molecule has 0 amide bonds. The van der Waals surface area contributed by atoms with Gasteiger partial charge in [-0.1, -0.05) is 0 Å². The monoisotopic (exact) mass is 298 g/mol. The maximum absolute atomic E-state index is 11.5. The van der Waals surface area contributed by atoms with Crippen LogP contribution in [-0.2, 0) is 9.53 Å². The van der Waals surface area contributed by atoms with Crippen molar-refractivity contribution in [3.8, 4) is 0 Å². The van der Waals surface area contributed by atoms with Crippen molar-refractivity contribution >= 4 is 27.6 Å². The minimum Gasteiger partial charge on any atom is -0.457 e. The quantitative estimate of drug-likeness (QED) is 0.673. The average molecular weight is 299 g/mol. The van der Waals surface area contributed by atoms with Crippen molar-refractivity contribution in [1.82, 2.24) is 4.98 Å². The van der Waals surface area contributed by atoms with E-state index in [4.69, 9.17) is 10.5 Å². The first-order valence-electron chi connectivity index (χ1n) is 5.09. The number of hydrogen-bond donors (Lipinski definition) is 1. The topological polar surface area (TPSA) is 65.2 Å². The van der Waals surface area contributed by atoms with Gasteiger partial charge in [-0.05, 0) is 42.8 Å². The molecule has 0 bridgehead atoms. The molecule has 5 heteroatoms. The Morgan fingerprint density at radius 1 is 1.47 bits per heavy atom. The van der Waals surface area contributed by atoms with Crippen LogP contribution in [0.2, 0.25) is 0 Å². The van der Waals surface area contributed by atoms with Gasteiger partial charge in [0.15, 0.2) is 0 Å². The minimum absolute atomic E-state index is 0.327. The van der Waals surface area contributed by atoms with Crippen LogP contribution in [0.25, 0.3) is 5.70 Å². The van der Waals surface area contributed by atoms with Crippen LogP contribution >= 0.6 is 15.9 Å². The van der Waals surface area contributed by atoms with E-state index in [2.05, 4.69) is 20.9 Å². The molecule has 0 saturated heterocycles. The second kappa shape index (κ2) is 5.31. The Hall–Kier alpha value is -1.36. The molecule has 0 radical (unpaired) electrons. The van der Waals surface area contributed by atoms with Gasteiger partial charge < -0.3 is 10.5 Å². The number of hydrogen-bond acceptors (Lipinski definition) is 4. The van der Waals surface area contributed by atoms with Crippen molar-refractivity contribution in [1.29, 1.82) is 0 Å². The number of aromatic nitrogens is 1. The lowest BCUT2D eigenvalue weighted by atomic mass is 10.2. The molecule has 0 atom stereocenters. The number of halogens is 1. The molecule has 0 aliphatic rings. The van der Waals surface area contributed by atoms with Gasteiger partial charge in [0.05, 0.1) is 0 Å². The average Bonchev–Trinajstić information content (AvgIpc) is 2.14. The summed E-state index contributed by atoms with van der Waals surface area (Å²) >= 11 is 3.28. The van der Waals surface area contributed by atoms with Gasteiger partial charge in [0.2, 0.25) is 0 Å². The van der Waals surface area contributed by atoms with Crippen LogP contribution in [0.1, 0.15) is 26.3 Å². The van der Waals surface area contributed by atoms with Crippen molar-refractivity contribution in [3.63, 3.8) is 0 Å². The summed E-state index contributed by atoms with van der Waals surface area (Å²) in [6.45, 7) is 5.40. The summed E-state index contributed by atoms with van der Waals surface area (Å²) in [6, 6.07) is 1.78. The SMILES string of the molecule is CC(C)(C)OC(=O)/C=C(/N)c1cncc(Br)c1. The molecule has 17 heavy (non-hydrogen) atoms. The van der Waals surface area contributed by atoms with Crippen molar-refractivity contribution in [2.24, 2.45) is 5.73 Å². The Kier molecular flexibility index (Phi) is 4.28. The number of carbonyl (C=O) groups excluding carboxylic acids is 1. The van der Waals surface area contributed by atoms with Crippen LogP contribution in [0.4, 0.5) is 0 Å². The van der Waals surface area contributed by atoms with E-state index in [1.807, 2.05) is 0 Å². The third-order valence-electron chi connectivity index (χ3n) is 1.72. The fraction of sp³-hybridized carbons (Fsp3) is 0.333. The molecule has 1 heterocycles. The van der Waals surface area contributed by atoms with Gasteiger partial charge in [-0.2, -0.15) is 0 Å². The largest absolute Gasteiger partial charge is 0.457 e. The highest BCUT2D eigenvalue weighted by Crippen LogP contribution is 2.15. The lowest BCUT2D eigenvalue weighted by Gasteiger charge is -2.18. The van der Waals surface area contributed by atoms with Gasteiger partial charge in [-0.3, -0.25) is 4.98 Å². The standard InChI is InChI=1S/C12H15BrN2O2/c1-12(2,3)17-11(16)5-10(14)8-4-9(13)7-15-6-8/h4-7H,14H2,1-3H3/b10-5+. The molecule has 1 aromatic heterocycles. The van der Waals surface area contributed by atoms with Crippen molar-refractivity contribution in [2.75, 3.05) is 0 Å². The normalized spacial score (nSPS) is 12.4. The molecule has 1 rings (SSSR count). The molecule has 0 fully saturated rings. The maximum Gasteiger partial charge on any atom is 0.333 e. The lowest BCUT2D eigenvalue weighted by molar-refractivity contribution is -0.148. The van der Waals surface area contributed by atoms with Crippen LogP contribution in [0, 0.1) is 0 Å². The Balaban J connectivity index is 2.83. The molecule has 0 aromatic carbocycles. The number of rotatable bonds is 2. The third kappa shape index (κ3) is 4.99. The highest BCUT2D eigenvalue weighted by atomic mass is 79.9. The first-order valence-corrected chi connectivity index (χ1v) is 5.88. The molecular formula is C12H15BrN2O2. The number of nitrogens with zero attached hydrogens (tertiary/aromatic N) is 1. The zero-order chi connectivity index (χ0) is 13.1. The van der Waals surface area contributed by atoms with Crippen LogP contribution in [-0.4, -0.2) is 16.6 Å². The summed E-state index contributed by atoms with van der Waals surface area (Å²) in [4.78, 5) is 15.5. The van der Waals surface area contributed by atoms with Crippen LogP contribution in [0.3, 0.4) is 0 Å². The van der Waals surface area contributed by atoms with Gasteiger partial charge in [0.25, 0.3) is 0 Å². The predicted molar refractivity (Wildman–Crippen MR) is 69.9 cm³/mol.